The molecule has 1 aliphatic carbocycles. The average Bonchev–Trinajstić information content (AvgIpc) is 3.37. The summed E-state index contributed by atoms with van der Waals surface area (Å²) < 4.78 is 10.5. The highest BCUT2D eigenvalue weighted by Gasteiger charge is 2.50. The molecule has 9 nitrogen and oxygen atoms in total. The van der Waals surface area contributed by atoms with Gasteiger partial charge in [-0.1, -0.05) is 23.8 Å². The molecule has 0 saturated carbocycles. The molecule has 0 spiro atoms. The van der Waals surface area contributed by atoms with Gasteiger partial charge in [-0.2, -0.15) is 5.26 Å². The Morgan fingerprint density at radius 3 is 2.41 bits per heavy atom. The molecule has 2 amide bonds. The number of allylic oxidation sites excluding steroid dienone is 1. The molecule has 0 radical (unpaired) electrons. The minimum absolute atomic E-state index is 0.173. The third kappa shape index (κ3) is 6.65. The van der Waals surface area contributed by atoms with E-state index >= 15 is 0 Å². The van der Waals surface area contributed by atoms with Crippen LogP contribution in [0.4, 0.5) is 0 Å². The van der Waals surface area contributed by atoms with Gasteiger partial charge in [-0.15, -0.1) is 0 Å². The fraction of sp³-hybridized carbons (Fsp3) is 0.520. The Morgan fingerprint density at radius 1 is 1.18 bits per heavy atom. The van der Waals surface area contributed by atoms with E-state index in [-0.39, 0.29) is 18.6 Å². The maximum absolute atomic E-state index is 13.4. The van der Waals surface area contributed by atoms with Crippen LogP contribution < -0.4 is 21.1 Å². The molecule has 4 N–H and O–H groups in total. The summed E-state index contributed by atoms with van der Waals surface area (Å²) in [5, 5.41) is 14.4. The highest BCUT2D eigenvalue weighted by Crippen LogP contribution is 2.31. The Bertz CT molecular complexity index is 978. The molecule has 1 heterocycles. The lowest BCUT2D eigenvalue weighted by atomic mass is 9.94. The molecular weight excluding hydrogens is 436 g/mol. The predicted octanol–water partition coefficient (Wildman–Crippen LogP) is 1.31. The normalized spacial score (nSPS) is 21.4. The zero-order valence-corrected chi connectivity index (χ0v) is 19.6. The smallest absolute Gasteiger partial charge is 0.243 e. The van der Waals surface area contributed by atoms with E-state index in [0.29, 0.717) is 18.8 Å². The maximum Gasteiger partial charge on any atom is 0.243 e. The highest BCUT2D eigenvalue weighted by molar-refractivity contribution is 5.98. The number of nitrogens with one attached hydrogen (secondary N) is 2. The van der Waals surface area contributed by atoms with Gasteiger partial charge in [0.25, 0.3) is 0 Å². The van der Waals surface area contributed by atoms with Gasteiger partial charge in [0.15, 0.2) is 5.78 Å². The van der Waals surface area contributed by atoms with E-state index in [2.05, 4.69) is 16.7 Å². The van der Waals surface area contributed by atoms with Gasteiger partial charge in [-0.05, 0) is 50.3 Å². The number of Topliss-reactive ketones (excluding diaryl/α,β-unsaturated/α-hetero) is 1. The monoisotopic (exact) mass is 468 g/mol. The van der Waals surface area contributed by atoms with Crippen molar-refractivity contribution in [2.24, 2.45) is 5.73 Å². The van der Waals surface area contributed by atoms with Crippen LogP contribution in [0.2, 0.25) is 0 Å². The first-order valence-electron chi connectivity index (χ1n) is 11.5. The Balaban J connectivity index is 1.78. The summed E-state index contributed by atoms with van der Waals surface area (Å²) in [7, 11) is 1.56. The molecule has 4 unspecified atom stereocenters. The van der Waals surface area contributed by atoms with Crippen molar-refractivity contribution in [1.29, 1.82) is 5.26 Å². The number of hydrogen-bond acceptors (Lipinski definition) is 7. The number of nitriles is 1. The van der Waals surface area contributed by atoms with Gasteiger partial charge in [-0.25, -0.2) is 0 Å². The number of methoxy groups -OCH3 is 1. The number of nitrogens with two attached hydrogens (primary N) is 1. The number of amides is 2. The number of ketones is 1. The van der Waals surface area contributed by atoms with Crippen molar-refractivity contribution in [2.45, 2.75) is 69.2 Å². The number of benzene rings is 1. The number of carbonyl (C=O) groups is 3. The molecule has 4 atom stereocenters. The van der Waals surface area contributed by atoms with Crippen LogP contribution in [0.1, 0.15) is 44.6 Å². The van der Waals surface area contributed by atoms with Crippen molar-refractivity contribution in [3.05, 3.63) is 41.5 Å². The molecule has 3 rings (SSSR count). The van der Waals surface area contributed by atoms with Crippen LogP contribution in [0.15, 0.2) is 35.9 Å². The first-order valence-corrected chi connectivity index (χ1v) is 11.5. The van der Waals surface area contributed by atoms with Crippen LogP contribution in [-0.4, -0.2) is 55.0 Å². The molecule has 1 aliphatic heterocycles. The zero-order chi connectivity index (χ0) is 24.7. The predicted molar refractivity (Wildman–Crippen MR) is 125 cm³/mol. The van der Waals surface area contributed by atoms with Crippen LogP contribution in [0.25, 0.3) is 0 Å². The van der Waals surface area contributed by atoms with E-state index in [1.807, 2.05) is 6.07 Å². The van der Waals surface area contributed by atoms with E-state index in [4.69, 9.17) is 20.5 Å². The SMILES string of the molecule is COc1ccc(CC(NC(=O)C(N)CC#N)C(=O)NC(CC2=CCCC2)C(=O)C2(C)CO2)cc1. The second-order valence-corrected chi connectivity index (χ2v) is 8.99. The number of carbonyl (C=O) groups excluding carboxylic acids is 3. The fourth-order valence-corrected chi connectivity index (χ4v) is 3.96. The summed E-state index contributed by atoms with van der Waals surface area (Å²) in [6.07, 6.45) is 5.43. The van der Waals surface area contributed by atoms with Crippen LogP contribution >= 0.6 is 0 Å². The van der Waals surface area contributed by atoms with Crippen LogP contribution in [0.5, 0.6) is 5.75 Å². The number of hydrogen-bond donors (Lipinski definition) is 3. The second kappa shape index (κ2) is 11.3. The third-order valence-electron chi connectivity index (χ3n) is 6.21. The van der Waals surface area contributed by atoms with Crippen LogP contribution in [0, 0.1) is 11.3 Å². The Hall–Kier alpha value is -3.22. The first kappa shape index (κ1) is 25.4. The maximum atomic E-state index is 13.4. The molecule has 182 valence electrons. The molecule has 1 aromatic rings. The fourth-order valence-electron chi connectivity index (χ4n) is 3.96. The molecule has 2 aliphatic rings. The molecule has 1 saturated heterocycles. The Morgan fingerprint density at radius 2 is 1.85 bits per heavy atom. The van der Waals surface area contributed by atoms with Crippen molar-refractivity contribution in [3.8, 4) is 11.8 Å². The number of ether oxygens (including phenoxy) is 2. The first-order chi connectivity index (χ1) is 16.3. The number of nitrogens with zero attached hydrogens (tertiary/aromatic N) is 1. The van der Waals surface area contributed by atoms with Gasteiger partial charge in [0, 0.05) is 6.42 Å². The van der Waals surface area contributed by atoms with Crippen molar-refractivity contribution in [1.82, 2.24) is 10.6 Å². The summed E-state index contributed by atoms with van der Waals surface area (Å²) in [6.45, 7) is 2.04. The lowest BCUT2D eigenvalue weighted by molar-refractivity contribution is -0.133. The standard InChI is InChI=1S/C25H32N4O5/c1-25(15-34-25)22(30)20(13-16-5-3-4-6-16)28-24(32)21(29-23(31)19(27)11-12-26)14-17-7-9-18(33-2)10-8-17/h5,7-10,19-21H,3-4,6,11,13-15,27H2,1-2H3,(H,28,32)(H,29,31). The van der Waals surface area contributed by atoms with E-state index in [1.165, 1.54) is 0 Å². The largest absolute Gasteiger partial charge is 0.497 e. The van der Waals surface area contributed by atoms with Gasteiger partial charge in [0.1, 0.15) is 17.4 Å². The molecule has 34 heavy (non-hydrogen) atoms. The van der Waals surface area contributed by atoms with Crippen molar-refractivity contribution < 1.29 is 23.9 Å². The molecule has 0 aromatic heterocycles. The van der Waals surface area contributed by atoms with Gasteiger partial charge in [0.2, 0.25) is 11.8 Å². The van der Waals surface area contributed by atoms with E-state index in [0.717, 1.165) is 30.4 Å². The summed E-state index contributed by atoms with van der Waals surface area (Å²) in [5.41, 5.74) is 6.80. The Labute approximate surface area is 199 Å². The third-order valence-corrected chi connectivity index (χ3v) is 6.21. The number of rotatable bonds is 12. The highest BCUT2D eigenvalue weighted by atomic mass is 16.6. The summed E-state index contributed by atoms with van der Waals surface area (Å²) in [5.74, 6) is -0.606. The summed E-state index contributed by atoms with van der Waals surface area (Å²) in [4.78, 5) is 39.0. The number of epoxide rings is 1. The summed E-state index contributed by atoms with van der Waals surface area (Å²) in [6, 6.07) is 6.18. The molecule has 1 aromatic carbocycles. The molecule has 0 bridgehead atoms. The lowest BCUT2D eigenvalue weighted by Crippen LogP contribution is -2.56. The Kier molecular flexibility index (Phi) is 8.42. The van der Waals surface area contributed by atoms with Gasteiger partial charge in [-0.3, -0.25) is 14.4 Å². The lowest BCUT2D eigenvalue weighted by Gasteiger charge is -2.25. The minimum atomic E-state index is -1.06. The van der Waals surface area contributed by atoms with E-state index in [1.54, 1.807) is 38.3 Å². The van der Waals surface area contributed by atoms with Crippen molar-refractivity contribution in [2.75, 3.05) is 13.7 Å². The quantitative estimate of drug-likeness (QED) is 0.309. The second-order valence-electron chi connectivity index (χ2n) is 8.99. The summed E-state index contributed by atoms with van der Waals surface area (Å²) >= 11 is 0. The van der Waals surface area contributed by atoms with Crippen molar-refractivity contribution >= 4 is 17.6 Å². The van der Waals surface area contributed by atoms with E-state index in [9.17, 15) is 14.4 Å². The topological polar surface area (TPSA) is 147 Å². The van der Waals surface area contributed by atoms with Gasteiger partial charge in [0.05, 0.1) is 38.3 Å². The molecular formula is C25H32N4O5. The van der Waals surface area contributed by atoms with Crippen molar-refractivity contribution in [3.63, 3.8) is 0 Å². The minimum Gasteiger partial charge on any atom is -0.497 e. The van der Waals surface area contributed by atoms with Crippen LogP contribution in [0.3, 0.4) is 0 Å². The average molecular weight is 469 g/mol. The van der Waals surface area contributed by atoms with Gasteiger partial charge < -0.3 is 25.8 Å². The van der Waals surface area contributed by atoms with E-state index < -0.39 is 35.5 Å². The van der Waals surface area contributed by atoms with Gasteiger partial charge >= 0.3 is 0 Å². The molecule has 1 fully saturated rings. The zero-order valence-electron chi connectivity index (χ0n) is 19.6. The molecule has 9 heteroatoms. The van der Waals surface area contributed by atoms with Crippen LogP contribution in [-0.2, 0) is 25.5 Å².